The normalized spacial score (nSPS) is 14.5. The molecule has 0 fully saturated rings. The van der Waals surface area contributed by atoms with Gasteiger partial charge in [-0.1, -0.05) is 12.1 Å². The average Bonchev–Trinajstić information content (AvgIpc) is 3.32. The largest absolute Gasteiger partial charge is 0.472 e. The van der Waals surface area contributed by atoms with Gasteiger partial charge in [0.15, 0.2) is 0 Å². The molecule has 8 heteroatoms. The summed E-state index contributed by atoms with van der Waals surface area (Å²) in [7, 11) is 0. The fourth-order valence-corrected chi connectivity index (χ4v) is 3.40. The molecule has 7 nitrogen and oxygen atoms in total. The van der Waals surface area contributed by atoms with Gasteiger partial charge in [0.25, 0.3) is 5.91 Å². The van der Waals surface area contributed by atoms with Crippen molar-refractivity contribution in [3.63, 3.8) is 0 Å². The van der Waals surface area contributed by atoms with Crippen LogP contribution in [-0.2, 0) is 25.9 Å². The van der Waals surface area contributed by atoms with Crippen LogP contribution in [0.5, 0.6) is 0 Å². The van der Waals surface area contributed by atoms with Crippen molar-refractivity contribution >= 4 is 5.91 Å². The summed E-state index contributed by atoms with van der Waals surface area (Å²) in [6, 6.07) is 8.28. The Morgan fingerprint density at radius 1 is 1.14 bits per heavy atom. The van der Waals surface area contributed by atoms with Gasteiger partial charge in [0.2, 0.25) is 0 Å². The first-order valence-corrected chi connectivity index (χ1v) is 9.37. The first-order chi connectivity index (χ1) is 13.7. The van der Waals surface area contributed by atoms with Crippen LogP contribution in [0.1, 0.15) is 27.6 Å². The summed E-state index contributed by atoms with van der Waals surface area (Å²) in [6.45, 7) is 3.83. The molecule has 1 aliphatic rings. The summed E-state index contributed by atoms with van der Waals surface area (Å²) in [5.41, 5.74) is 1.61. The fourth-order valence-electron chi connectivity index (χ4n) is 3.40. The molecular weight excluding hydrogens is 361 g/mol. The zero-order chi connectivity index (χ0) is 19.3. The lowest BCUT2D eigenvalue weighted by atomic mass is 10.2. The zero-order valence-corrected chi connectivity index (χ0v) is 15.5. The van der Waals surface area contributed by atoms with Crippen molar-refractivity contribution in [2.24, 2.45) is 0 Å². The number of aromatic nitrogens is 3. The summed E-state index contributed by atoms with van der Waals surface area (Å²) in [5.74, 6) is 1.48. The van der Waals surface area contributed by atoms with Crippen molar-refractivity contribution in [1.29, 1.82) is 0 Å². The van der Waals surface area contributed by atoms with Gasteiger partial charge in [-0.05, 0) is 23.8 Å². The smallest absolute Gasteiger partial charge is 0.254 e. The highest BCUT2D eigenvalue weighted by molar-refractivity contribution is 5.93. The minimum absolute atomic E-state index is 0.158. The maximum Gasteiger partial charge on any atom is 0.254 e. The number of benzene rings is 1. The van der Waals surface area contributed by atoms with Crippen LogP contribution >= 0.6 is 0 Å². The molecule has 1 amide bonds. The van der Waals surface area contributed by atoms with E-state index in [4.69, 9.17) is 4.42 Å². The number of halogens is 1. The van der Waals surface area contributed by atoms with E-state index in [1.807, 2.05) is 12.1 Å². The molecule has 0 aliphatic carbocycles. The van der Waals surface area contributed by atoms with Crippen molar-refractivity contribution in [3.05, 3.63) is 71.5 Å². The first-order valence-electron chi connectivity index (χ1n) is 9.37. The van der Waals surface area contributed by atoms with Crippen molar-refractivity contribution in [2.45, 2.75) is 25.9 Å². The van der Waals surface area contributed by atoms with Crippen LogP contribution < -0.4 is 5.32 Å². The third-order valence-corrected chi connectivity index (χ3v) is 4.93. The molecule has 3 heterocycles. The van der Waals surface area contributed by atoms with Crippen LogP contribution in [0, 0.1) is 5.82 Å². The number of nitrogens with zero attached hydrogens (tertiary/aromatic N) is 4. The van der Waals surface area contributed by atoms with E-state index in [9.17, 15) is 9.18 Å². The molecule has 0 saturated heterocycles. The van der Waals surface area contributed by atoms with Crippen molar-refractivity contribution < 1.29 is 13.6 Å². The number of fused-ring (bicyclic) bond motifs is 1. The number of carbonyl (C=O) groups excluding carboxylic acids is 1. The summed E-state index contributed by atoms with van der Waals surface area (Å²) < 4.78 is 20.2. The Kier molecular flexibility index (Phi) is 5.48. The highest BCUT2D eigenvalue weighted by Gasteiger charge is 2.19. The Morgan fingerprint density at radius 3 is 2.79 bits per heavy atom. The predicted octanol–water partition coefficient (Wildman–Crippen LogP) is 2.04. The Hall–Kier alpha value is -3.00. The summed E-state index contributed by atoms with van der Waals surface area (Å²) in [4.78, 5) is 14.3. The molecule has 0 saturated carbocycles. The van der Waals surface area contributed by atoms with Crippen molar-refractivity contribution in [3.8, 4) is 0 Å². The molecule has 28 heavy (non-hydrogen) atoms. The second-order valence-electron chi connectivity index (χ2n) is 6.85. The van der Waals surface area contributed by atoms with Crippen LogP contribution in [0.25, 0.3) is 0 Å². The monoisotopic (exact) mass is 383 g/mol. The van der Waals surface area contributed by atoms with E-state index >= 15 is 0 Å². The Balaban J connectivity index is 1.32. The van der Waals surface area contributed by atoms with E-state index in [0.717, 1.165) is 49.8 Å². The maximum atomic E-state index is 13.1. The lowest BCUT2D eigenvalue weighted by Crippen LogP contribution is -2.28. The molecule has 1 aliphatic heterocycles. The molecule has 0 bridgehead atoms. The molecule has 3 aromatic rings. The minimum atomic E-state index is -0.213. The van der Waals surface area contributed by atoms with Crippen LogP contribution in [0.3, 0.4) is 0 Å². The first kappa shape index (κ1) is 18.4. The standard InChI is InChI=1S/C20H22FN5O2/c21-17-3-1-15(2-4-17)13-25-9-6-19-24-23-18(26(19)11-10-25)5-8-22-20(27)16-7-12-28-14-16/h1-4,7,12,14H,5-6,8-11,13H2,(H,22,27). The van der Waals surface area contributed by atoms with Gasteiger partial charge in [-0.25, -0.2) is 4.39 Å². The lowest BCUT2D eigenvalue weighted by Gasteiger charge is -2.19. The third kappa shape index (κ3) is 4.28. The molecule has 0 radical (unpaired) electrons. The lowest BCUT2D eigenvalue weighted by molar-refractivity contribution is 0.0953. The van der Waals surface area contributed by atoms with E-state index in [-0.39, 0.29) is 11.7 Å². The average molecular weight is 383 g/mol. The third-order valence-electron chi connectivity index (χ3n) is 4.93. The predicted molar refractivity (Wildman–Crippen MR) is 100 cm³/mol. The van der Waals surface area contributed by atoms with E-state index < -0.39 is 0 Å². The Labute approximate surface area is 162 Å². The Morgan fingerprint density at radius 2 is 2.00 bits per heavy atom. The van der Waals surface area contributed by atoms with Crippen LogP contribution in [0.15, 0.2) is 47.3 Å². The minimum Gasteiger partial charge on any atom is -0.472 e. The molecule has 2 aromatic heterocycles. The number of amides is 1. The number of hydrogen-bond acceptors (Lipinski definition) is 5. The second-order valence-corrected chi connectivity index (χ2v) is 6.85. The molecule has 1 aromatic carbocycles. The van der Waals surface area contributed by atoms with E-state index in [2.05, 4.69) is 25.0 Å². The topological polar surface area (TPSA) is 76.2 Å². The molecule has 1 N–H and O–H groups in total. The summed E-state index contributed by atoms with van der Waals surface area (Å²) in [5, 5.41) is 11.5. The quantitative estimate of drug-likeness (QED) is 0.705. The van der Waals surface area contributed by atoms with E-state index in [0.29, 0.717) is 18.5 Å². The van der Waals surface area contributed by atoms with Gasteiger partial charge in [-0.15, -0.1) is 10.2 Å². The van der Waals surface area contributed by atoms with Gasteiger partial charge in [0.05, 0.1) is 11.8 Å². The number of nitrogens with one attached hydrogen (secondary N) is 1. The fraction of sp³-hybridized carbons (Fsp3) is 0.350. The van der Waals surface area contributed by atoms with Gasteiger partial charge in [0, 0.05) is 45.6 Å². The van der Waals surface area contributed by atoms with Gasteiger partial charge < -0.3 is 14.3 Å². The molecular formula is C20H22FN5O2. The molecule has 0 atom stereocenters. The van der Waals surface area contributed by atoms with Crippen LogP contribution in [-0.4, -0.2) is 45.2 Å². The number of carbonyl (C=O) groups is 1. The van der Waals surface area contributed by atoms with E-state index in [1.165, 1.54) is 24.7 Å². The molecule has 146 valence electrons. The highest BCUT2D eigenvalue weighted by atomic mass is 19.1. The van der Waals surface area contributed by atoms with Crippen LogP contribution in [0.2, 0.25) is 0 Å². The number of hydrogen-bond donors (Lipinski definition) is 1. The van der Waals surface area contributed by atoms with E-state index in [1.54, 1.807) is 6.07 Å². The van der Waals surface area contributed by atoms with Gasteiger partial charge in [-0.2, -0.15) is 0 Å². The van der Waals surface area contributed by atoms with Crippen LogP contribution in [0.4, 0.5) is 4.39 Å². The van der Waals surface area contributed by atoms with Crippen molar-refractivity contribution in [2.75, 3.05) is 19.6 Å². The SMILES string of the molecule is O=C(NCCc1nnc2n1CCN(Cc1ccc(F)cc1)CC2)c1ccoc1. The summed E-state index contributed by atoms with van der Waals surface area (Å²) >= 11 is 0. The van der Waals surface area contributed by atoms with Gasteiger partial charge in [0.1, 0.15) is 23.7 Å². The van der Waals surface area contributed by atoms with Crippen molar-refractivity contribution in [1.82, 2.24) is 25.0 Å². The highest BCUT2D eigenvalue weighted by Crippen LogP contribution is 2.13. The zero-order valence-electron chi connectivity index (χ0n) is 15.5. The number of furan rings is 1. The van der Waals surface area contributed by atoms with Gasteiger partial charge in [-0.3, -0.25) is 9.69 Å². The molecule has 4 rings (SSSR count). The molecule has 0 spiro atoms. The second kappa shape index (κ2) is 8.35. The van der Waals surface area contributed by atoms with Gasteiger partial charge >= 0.3 is 0 Å². The Bertz CT molecular complexity index is 921. The summed E-state index contributed by atoms with van der Waals surface area (Å²) in [6.07, 6.45) is 4.34. The number of rotatable bonds is 6. The molecule has 0 unspecified atom stereocenters. The maximum absolute atomic E-state index is 13.1.